The Labute approximate surface area is 105 Å². The molecule has 1 aromatic rings. The van der Waals surface area contributed by atoms with Gasteiger partial charge in [-0.05, 0) is 18.9 Å². The van der Waals surface area contributed by atoms with Crippen molar-refractivity contribution in [1.82, 2.24) is 5.32 Å². The number of aryl methyl sites for hydroxylation is 1. The lowest BCUT2D eigenvalue weighted by Gasteiger charge is -2.16. The van der Waals surface area contributed by atoms with Gasteiger partial charge in [-0.2, -0.15) is 0 Å². The molecule has 1 aliphatic rings. The van der Waals surface area contributed by atoms with E-state index in [1.165, 1.54) is 7.11 Å². The summed E-state index contributed by atoms with van der Waals surface area (Å²) in [5, 5.41) is 12.1. The molecule has 5 heteroatoms. The number of halogens is 1. The van der Waals surface area contributed by atoms with Crippen molar-refractivity contribution in [3.8, 4) is 5.75 Å². The summed E-state index contributed by atoms with van der Waals surface area (Å²) in [4.78, 5) is 10.9. The van der Waals surface area contributed by atoms with Gasteiger partial charge < -0.3 is 15.2 Å². The van der Waals surface area contributed by atoms with Crippen LogP contribution in [0.15, 0.2) is 12.1 Å². The lowest BCUT2D eigenvalue weighted by atomic mass is 9.98. The first-order chi connectivity index (χ1) is 8.54. The Morgan fingerprint density at radius 2 is 2.28 bits per heavy atom. The third-order valence-electron chi connectivity index (χ3n) is 3.38. The van der Waals surface area contributed by atoms with E-state index >= 15 is 0 Å². The molecule has 4 nitrogen and oxygen atoms in total. The Morgan fingerprint density at radius 1 is 1.56 bits per heavy atom. The van der Waals surface area contributed by atoms with Crippen LogP contribution in [0.4, 0.5) is 4.39 Å². The van der Waals surface area contributed by atoms with Crippen LogP contribution in [0.5, 0.6) is 5.75 Å². The third-order valence-corrected chi connectivity index (χ3v) is 3.38. The SMILES string of the molecule is COc1c(C2CC(C(=O)O)CN2)ccc(C)c1F. The molecule has 1 aliphatic heterocycles. The molecule has 1 fully saturated rings. The number of hydrogen-bond donors (Lipinski definition) is 2. The number of hydrogen-bond acceptors (Lipinski definition) is 3. The average molecular weight is 253 g/mol. The summed E-state index contributed by atoms with van der Waals surface area (Å²) in [6, 6.07) is 3.30. The summed E-state index contributed by atoms with van der Waals surface area (Å²) in [5.74, 6) is -1.42. The van der Waals surface area contributed by atoms with E-state index in [-0.39, 0.29) is 17.6 Å². The minimum atomic E-state index is -0.823. The number of aliphatic carboxylic acids is 1. The fourth-order valence-corrected chi connectivity index (χ4v) is 2.31. The minimum absolute atomic E-state index is 0.170. The largest absolute Gasteiger partial charge is 0.493 e. The molecule has 2 atom stereocenters. The standard InChI is InChI=1S/C13H16FNO3/c1-7-3-4-9(12(18-2)11(7)14)10-5-8(6-15-10)13(16)17/h3-4,8,10,15H,5-6H2,1-2H3,(H,16,17). The molecule has 0 saturated carbocycles. The molecule has 2 N–H and O–H groups in total. The third kappa shape index (κ3) is 2.18. The number of carboxylic acid groups (broad SMARTS) is 1. The number of nitrogens with one attached hydrogen (secondary N) is 1. The van der Waals surface area contributed by atoms with Crippen molar-refractivity contribution in [3.63, 3.8) is 0 Å². The van der Waals surface area contributed by atoms with E-state index in [1.54, 1.807) is 19.1 Å². The van der Waals surface area contributed by atoms with E-state index in [0.29, 0.717) is 24.1 Å². The quantitative estimate of drug-likeness (QED) is 0.863. The summed E-state index contributed by atoms with van der Waals surface area (Å²) >= 11 is 0. The molecular formula is C13H16FNO3. The van der Waals surface area contributed by atoms with Crippen LogP contribution in [0.3, 0.4) is 0 Å². The van der Waals surface area contributed by atoms with Crippen LogP contribution in [-0.4, -0.2) is 24.7 Å². The van der Waals surface area contributed by atoms with Crippen molar-refractivity contribution in [3.05, 3.63) is 29.1 Å². The minimum Gasteiger partial charge on any atom is -0.493 e. The molecule has 18 heavy (non-hydrogen) atoms. The van der Waals surface area contributed by atoms with Gasteiger partial charge in [-0.3, -0.25) is 4.79 Å². The predicted octanol–water partition coefficient (Wildman–Crippen LogP) is 1.88. The maximum atomic E-state index is 13.9. The van der Waals surface area contributed by atoms with E-state index in [9.17, 15) is 9.18 Å². The average Bonchev–Trinajstić information content (AvgIpc) is 2.82. The second kappa shape index (κ2) is 4.94. The van der Waals surface area contributed by atoms with Crippen molar-refractivity contribution in [2.75, 3.05) is 13.7 Å². The van der Waals surface area contributed by atoms with E-state index in [4.69, 9.17) is 9.84 Å². The van der Waals surface area contributed by atoms with Gasteiger partial charge in [-0.25, -0.2) is 4.39 Å². The normalized spacial score (nSPS) is 23.1. The van der Waals surface area contributed by atoms with Crippen LogP contribution in [0.2, 0.25) is 0 Å². The van der Waals surface area contributed by atoms with Crippen LogP contribution >= 0.6 is 0 Å². The van der Waals surface area contributed by atoms with Gasteiger partial charge in [-0.15, -0.1) is 0 Å². The molecule has 1 heterocycles. The number of ether oxygens (including phenoxy) is 1. The second-order valence-corrected chi connectivity index (χ2v) is 4.55. The Balaban J connectivity index is 2.30. The molecule has 1 aromatic carbocycles. The summed E-state index contributed by atoms with van der Waals surface area (Å²) in [6.45, 7) is 2.07. The van der Waals surface area contributed by atoms with Crippen molar-refractivity contribution < 1.29 is 19.0 Å². The van der Waals surface area contributed by atoms with E-state index in [2.05, 4.69) is 5.32 Å². The molecule has 0 aromatic heterocycles. The topological polar surface area (TPSA) is 58.6 Å². The number of methoxy groups -OCH3 is 1. The summed E-state index contributed by atoms with van der Waals surface area (Å²) in [7, 11) is 1.42. The van der Waals surface area contributed by atoms with Gasteiger partial charge in [0, 0.05) is 18.2 Å². The van der Waals surface area contributed by atoms with Gasteiger partial charge in [0.05, 0.1) is 13.0 Å². The van der Waals surface area contributed by atoms with Crippen molar-refractivity contribution in [1.29, 1.82) is 0 Å². The van der Waals surface area contributed by atoms with Gasteiger partial charge in [0.15, 0.2) is 11.6 Å². The van der Waals surface area contributed by atoms with Gasteiger partial charge >= 0.3 is 5.97 Å². The fourth-order valence-electron chi connectivity index (χ4n) is 2.31. The van der Waals surface area contributed by atoms with Gasteiger partial charge in [-0.1, -0.05) is 12.1 Å². The Kier molecular flexibility index (Phi) is 3.52. The maximum Gasteiger partial charge on any atom is 0.307 e. The molecule has 0 aliphatic carbocycles. The van der Waals surface area contributed by atoms with Gasteiger partial charge in [0.1, 0.15) is 0 Å². The highest BCUT2D eigenvalue weighted by atomic mass is 19.1. The molecule has 0 bridgehead atoms. The van der Waals surface area contributed by atoms with Crippen molar-refractivity contribution in [2.45, 2.75) is 19.4 Å². The van der Waals surface area contributed by atoms with Crippen LogP contribution in [0, 0.1) is 18.7 Å². The number of rotatable bonds is 3. The molecule has 0 amide bonds. The zero-order valence-corrected chi connectivity index (χ0v) is 10.4. The number of carboxylic acids is 1. The van der Waals surface area contributed by atoms with E-state index in [1.807, 2.05) is 0 Å². The predicted molar refractivity (Wildman–Crippen MR) is 64.2 cm³/mol. The summed E-state index contributed by atoms with van der Waals surface area (Å²) < 4.78 is 19.0. The fraction of sp³-hybridized carbons (Fsp3) is 0.462. The first-order valence-electron chi connectivity index (χ1n) is 5.83. The van der Waals surface area contributed by atoms with Crippen LogP contribution in [0.1, 0.15) is 23.6 Å². The van der Waals surface area contributed by atoms with Crippen LogP contribution in [-0.2, 0) is 4.79 Å². The van der Waals surface area contributed by atoms with Gasteiger partial charge in [0.25, 0.3) is 0 Å². The first-order valence-corrected chi connectivity index (χ1v) is 5.83. The Bertz CT molecular complexity index is 476. The zero-order chi connectivity index (χ0) is 13.3. The van der Waals surface area contributed by atoms with E-state index in [0.717, 1.165) is 0 Å². The van der Waals surface area contributed by atoms with Gasteiger partial charge in [0.2, 0.25) is 0 Å². The molecule has 2 rings (SSSR count). The lowest BCUT2D eigenvalue weighted by molar-refractivity contribution is -0.141. The molecule has 0 radical (unpaired) electrons. The molecule has 0 spiro atoms. The highest BCUT2D eigenvalue weighted by molar-refractivity contribution is 5.71. The molecule has 98 valence electrons. The lowest BCUT2D eigenvalue weighted by Crippen LogP contribution is -2.17. The number of carbonyl (C=O) groups is 1. The maximum absolute atomic E-state index is 13.9. The zero-order valence-electron chi connectivity index (χ0n) is 10.4. The Hall–Kier alpha value is -1.62. The molecular weight excluding hydrogens is 237 g/mol. The first kappa shape index (κ1) is 12.8. The van der Waals surface area contributed by atoms with Crippen molar-refractivity contribution >= 4 is 5.97 Å². The van der Waals surface area contributed by atoms with E-state index < -0.39 is 11.9 Å². The summed E-state index contributed by atoms with van der Waals surface area (Å²) in [5.41, 5.74) is 1.20. The smallest absolute Gasteiger partial charge is 0.307 e. The number of benzene rings is 1. The highest BCUT2D eigenvalue weighted by Crippen LogP contribution is 2.35. The second-order valence-electron chi connectivity index (χ2n) is 4.55. The highest BCUT2D eigenvalue weighted by Gasteiger charge is 2.32. The monoisotopic (exact) mass is 253 g/mol. The molecule has 2 unspecified atom stereocenters. The molecule has 1 saturated heterocycles. The van der Waals surface area contributed by atoms with Crippen molar-refractivity contribution in [2.24, 2.45) is 5.92 Å². The Morgan fingerprint density at radius 3 is 2.83 bits per heavy atom. The van der Waals surface area contributed by atoms with Crippen LogP contribution in [0.25, 0.3) is 0 Å². The van der Waals surface area contributed by atoms with Crippen LogP contribution < -0.4 is 10.1 Å². The summed E-state index contributed by atoms with van der Waals surface area (Å²) in [6.07, 6.45) is 0.453.